The second kappa shape index (κ2) is 7.94. The molecule has 0 aromatic heterocycles. The molecule has 1 fully saturated rings. The highest BCUT2D eigenvalue weighted by Crippen LogP contribution is 2.18. The van der Waals surface area contributed by atoms with E-state index < -0.39 is 6.10 Å². The van der Waals surface area contributed by atoms with Crippen LogP contribution in [-0.4, -0.2) is 36.1 Å². The molecule has 2 rings (SSSR count). The highest BCUT2D eigenvalue weighted by atomic mass is 16.3. The number of aliphatic hydroxyl groups excluding tert-OH is 1. The van der Waals surface area contributed by atoms with Crippen LogP contribution in [0.1, 0.15) is 48.0 Å². The van der Waals surface area contributed by atoms with E-state index in [-0.39, 0.29) is 17.9 Å². The molecule has 22 heavy (non-hydrogen) atoms. The first-order valence-corrected chi connectivity index (χ1v) is 7.88. The van der Waals surface area contributed by atoms with Crippen molar-refractivity contribution in [1.82, 2.24) is 10.6 Å². The van der Waals surface area contributed by atoms with Gasteiger partial charge < -0.3 is 15.7 Å². The summed E-state index contributed by atoms with van der Waals surface area (Å²) in [4.78, 5) is 23.6. The van der Waals surface area contributed by atoms with Gasteiger partial charge in [0, 0.05) is 19.0 Å². The molecule has 120 valence electrons. The number of hydrogen-bond donors (Lipinski definition) is 3. The molecular formula is C17H24N2O3. The van der Waals surface area contributed by atoms with Crippen molar-refractivity contribution in [3.05, 3.63) is 35.4 Å². The molecule has 1 aromatic carbocycles. The number of aliphatic hydroxyl groups is 1. The molecular weight excluding hydrogens is 280 g/mol. The predicted molar refractivity (Wildman–Crippen MR) is 84.6 cm³/mol. The summed E-state index contributed by atoms with van der Waals surface area (Å²) in [7, 11) is 1.60. The Morgan fingerprint density at radius 1 is 1.27 bits per heavy atom. The molecule has 0 saturated heterocycles. The van der Waals surface area contributed by atoms with E-state index in [0.717, 1.165) is 31.2 Å². The number of nitrogens with one attached hydrogen (secondary N) is 2. The third kappa shape index (κ3) is 4.56. The second-order valence-electron chi connectivity index (χ2n) is 5.81. The van der Waals surface area contributed by atoms with Crippen LogP contribution in [-0.2, 0) is 11.2 Å². The Balaban J connectivity index is 1.84. The minimum absolute atomic E-state index is 0.0451. The van der Waals surface area contributed by atoms with Crippen molar-refractivity contribution in [3.8, 4) is 0 Å². The fourth-order valence-corrected chi connectivity index (χ4v) is 2.83. The molecule has 1 aliphatic rings. The Bertz CT molecular complexity index is 530. The summed E-state index contributed by atoms with van der Waals surface area (Å²) in [5.74, 6) is -0.173. The van der Waals surface area contributed by atoms with Crippen LogP contribution in [0.4, 0.5) is 0 Å². The first kappa shape index (κ1) is 16.5. The van der Waals surface area contributed by atoms with E-state index in [2.05, 4.69) is 10.6 Å². The predicted octanol–water partition coefficient (Wildman–Crippen LogP) is 1.40. The van der Waals surface area contributed by atoms with Crippen molar-refractivity contribution in [2.75, 3.05) is 7.05 Å². The zero-order valence-electron chi connectivity index (χ0n) is 13.0. The quantitative estimate of drug-likeness (QED) is 0.769. The lowest BCUT2D eigenvalue weighted by molar-refractivity contribution is -0.123. The number of rotatable bonds is 5. The van der Waals surface area contributed by atoms with Gasteiger partial charge in [0.2, 0.25) is 5.91 Å². The van der Waals surface area contributed by atoms with Crippen LogP contribution >= 0.6 is 0 Å². The van der Waals surface area contributed by atoms with E-state index in [4.69, 9.17) is 0 Å². The van der Waals surface area contributed by atoms with Gasteiger partial charge in [0.05, 0.1) is 12.1 Å². The standard InChI is InChI=1S/C17H24N2O3/c1-18-17(22)13-6-4-5-12(11-13)9-10-16(21)19-14-7-2-3-8-15(14)20/h4-6,11,14-15,20H,2-3,7-10H2,1H3,(H,18,22)(H,19,21). The molecule has 1 aliphatic carbocycles. The summed E-state index contributed by atoms with van der Waals surface area (Å²) in [6.45, 7) is 0. The molecule has 5 heteroatoms. The minimum Gasteiger partial charge on any atom is -0.391 e. The average Bonchev–Trinajstić information content (AvgIpc) is 2.54. The van der Waals surface area contributed by atoms with Gasteiger partial charge in [-0.25, -0.2) is 0 Å². The Hall–Kier alpha value is -1.88. The molecule has 0 aliphatic heterocycles. The molecule has 5 nitrogen and oxygen atoms in total. The fourth-order valence-electron chi connectivity index (χ4n) is 2.83. The van der Waals surface area contributed by atoms with Gasteiger partial charge in [-0.1, -0.05) is 25.0 Å². The summed E-state index contributed by atoms with van der Waals surface area (Å²) in [5.41, 5.74) is 1.56. The first-order chi connectivity index (χ1) is 10.6. The van der Waals surface area contributed by atoms with E-state index in [9.17, 15) is 14.7 Å². The van der Waals surface area contributed by atoms with Crippen LogP contribution in [0, 0.1) is 0 Å². The number of carbonyl (C=O) groups excluding carboxylic acids is 2. The van der Waals surface area contributed by atoms with Crippen molar-refractivity contribution in [2.45, 2.75) is 50.7 Å². The smallest absolute Gasteiger partial charge is 0.251 e. The van der Waals surface area contributed by atoms with Crippen molar-refractivity contribution in [3.63, 3.8) is 0 Å². The van der Waals surface area contributed by atoms with Crippen LogP contribution in [0.15, 0.2) is 24.3 Å². The monoisotopic (exact) mass is 304 g/mol. The molecule has 0 heterocycles. The summed E-state index contributed by atoms with van der Waals surface area (Å²) in [6.07, 6.45) is 4.21. The van der Waals surface area contributed by atoms with E-state index in [1.807, 2.05) is 18.2 Å². The largest absolute Gasteiger partial charge is 0.391 e. The van der Waals surface area contributed by atoms with Gasteiger partial charge in [0.25, 0.3) is 5.91 Å². The third-order valence-corrected chi connectivity index (χ3v) is 4.13. The molecule has 3 N–H and O–H groups in total. The molecule has 0 spiro atoms. The van der Waals surface area contributed by atoms with Gasteiger partial charge >= 0.3 is 0 Å². The maximum atomic E-state index is 12.0. The molecule has 1 aromatic rings. The van der Waals surface area contributed by atoms with Gasteiger partial charge in [-0.05, 0) is 37.0 Å². The van der Waals surface area contributed by atoms with Crippen molar-refractivity contribution >= 4 is 11.8 Å². The Morgan fingerprint density at radius 2 is 2.05 bits per heavy atom. The topological polar surface area (TPSA) is 78.4 Å². The van der Waals surface area contributed by atoms with Gasteiger partial charge in [-0.15, -0.1) is 0 Å². The van der Waals surface area contributed by atoms with Crippen molar-refractivity contribution in [1.29, 1.82) is 0 Å². The van der Waals surface area contributed by atoms with E-state index in [0.29, 0.717) is 18.4 Å². The number of benzene rings is 1. The number of carbonyl (C=O) groups is 2. The maximum Gasteiger partial charge on any atom is 0.251 e. The highest BCUT2D eigenvalue weighted by Gasteiger charge is 2.24. The second-order valence-corrected chi connectivity index (χ2v) is 5.81. The first-order valence-electron chi connectivity index (χ1n) is 7.88. The molecule has 2 atom stereocenters. The SMILES string of the molecule is CNC(=O)c1cccc(CCC(=O)NC2CCCCC2O)c1. The van der Waals surface area contributed by atoms with Gasteiger partial charge in [-0.3, -0.25) is 9.59 Å². The Labute approximate surface area is 131 Å². The minimum atomic E-state index is -0.422. The maximum absolute atomic E-state index is 12.0. The van der Waals surface area contributed by atoms with E-state index >= 15 is 0 Å². The van der Waals surface area contributed by atoms with Crippen LogP contribution in [0.3, 0.4) is 0 Å². The molecule has 0 bridgehead atoms. The van der Waals surface area contributed by atoms with E-state index in [1.54, 1.807) is 13.1 Å². The van der Waals surface area contributed by atoms with Crippen molar-refractivity contribution < 1.29 is 14.7 Å². The van der Waals surface area contributed by atoms with Crippen LogP contribution in [0.25, 0.3) is 0 Å². The third-order valence-electron chi connectivity index (χ3n) is 4.13. The van der Waals surface area contributed by atoms with Crippen LogP contribution in [0.2, 0.25) is 0 Å². The van der Waals surface area contributed by atoms with Crippen molar-refractivity contribution in [2.24, 2.45) is 0 Å². The Morgan fingerprint density at radius 3 is 2.77 bits per heavy atom. The van der Waals surface area contributed by atoms with Gasteiger partial charge in [0.1, 0.15) is 0 Å². The Kier molecular flexibility index (Phi) is 5.95. The summed E-state index contributed by atoms with van der Waals surface area (Å²) >= 11 is 0. The molecule has 2 amide bonds. The molecule has 1 saturated carbocycles. The van der Waals surface area contributed by atoms with Gasteiger partial charge in [-0.2, -0.15) is 0 Å². The number of hydrogen-bond acceptors (Lipinski definition) is 3. The normalized spacial score (nSPS) is 21.2. The zero-order chi connectivity index (χ0) is 15.9. The van der Waals surface area contributed by atoms with Crippen LogP contribution in [0.5, 0.6) is 0 Å². The number of amides is 2. The summed E-state index contributed by atoms with van der Waals surface area (Å²) < 4.78 is 0. The lowest BCUT2D eigenvalue weighted by Crippen LogP contribution is -2.45. The lowest BCUT2D eigenvalue weighted by atomic mass is 9.92. The highest BCUT2D eigenvalue weighted by molar-refractivity contribution is 5.94. The van der Waals surface area contributed by atoms with E-state index in [1.165, 1.54) is 0 Å². The summed E-state index contributed by atoms with van der Waals surface area (Å²) in [5, 5.41) is 15.4. The average molecular weight is 304 g/mol. The number of aryl methyl sites for hydroxylation is 1. The van der Waals surface area contributed by atoms with Gasteiger partial charge in [0.15, 0.2) is 0 Å². The van der Waals surface area contributed by atoms with Crippen LogP contribution < -0.4 is 10.6 Å². The molecule has 0 radical (unpaired) electrons. The zero-order valence-corrected chi connectivity index (χ0v) is 13.0. The molecule has 2 unspecified atom stereocenters. The lowest BCUT2D eigenvalue weighted by Gasteiger charge is -2.28. The summed E-state index contributed by atoms with van der Waals surface area (Å²) in [6, 6.07) is 7.18. The fraction of sp³-hybridized carbons (Fsp3) is 0.529.